The molecule has 108 valence electrons. The summed E-state index contributed by atoms with van der Waals surface area (Å²) < 4.78 is 5.73. The fourth-order valence-electron chi connectivity index (χ4n) is 3.47. The standard InChI is InChI=1S/C15H32N2O/c1-6-11-7-9-12(10-8-11)13(17-16)14(18-5)15(2,3)4/h11-14,17H,6-10,16H2,1-5H3. The zero-order chi connectivity index (χ0) is 13.8. The normalized spacial score (nSPS) is 29.0. The minimum atomic E-state index is 0.118. The van der Waals surface area contributed by atoms with Gasteiger partial charge >= 0.3 is 0 Å². The van der Waals surface area contributed by atoms with E-state index in [9.17, 15) is 0 Å². The first-order chi connectivity index (χ1) is 8.43. The highest BCUT2D eigenvalue weighted by atomic mass is 16.5. The summed E-state index contributed by atoms with van der Waals surface area (Å²) in [6.07, 6.45) is 6.75. The summed E-state index contributed by atoms with van der Waals surface area (Å²) >= 11 is 0. The minimum Gasteiger partial charge on any atom is -0.379 e. The molecule has 1 fully saturated rings. The molecule has 0 radical (unpaired) electrons. The lowest BCUT2D eigenvalue weighted by molar-refractivity contribution is -0.0330. The van der Waals surface area contributed by atoms with E-state index in [2.05, 4.69) is 33.1 Å². The van der Waals surface area contributed by atoms with Gasteiger partial charge in [-0.3, -0.25) is 11.3 Å². The summed E-state index contributed by atoms with van der Waals surface area (Å²) in [7, 11) is 1.80. The first-order valence-corrected chi connectivity index (χ1v) is 7.42. The molecule has 3 heteroatoms. The second-order valence-corrected chi connectivity index (χ2v) is 6.90. The minimum absolute atomic E-state index is 0.118. The van der Waals surface area contributed by atoms with E-state index in [0.29, 0.717) is 5.92 Å². The van der Waals surface area contributed by atoms with Crippen LogP contribution in [0, 0.1) is 17.3 Å². The summed E-state index contributed by atoms with van der Waals surface area (Å²) in [6, 6.07) is 0.271. The van der Waals surface area contributed by atoms with Crippen LogP contribution in [0.5, 0.6) is 0 Å². The van der Waals surface area contributed by atoms with Crippen LogP contribution in [0.25, 0.3) is 0 Å². The van der Waals surface area contributed by atoms with Gasteiger partial charge in [0.15, 0.2) is 0 Å². The number of hydrogen-bond donors (Lipinski definition) is 2. The van der Waals surface area contributed by atoms with Gasteiger partial charge in [0, 0.05) is 7.11 Å². The van der Waals surface area contributed by atoms with Crippen LogP contribution in [0.15, 0.2) is 0 Å². The van der Waals surface area contributed by atoms with E-state index in [1.54, 1.807) is 7.11 Å². The highest BCUT2D eigenvalue weighted by molar-refractivity contribution is 4.91. The van der Waals surface area contributed by atoms with Crippen LogP contribution in [-0.2, 0) is 4.74 Å². The molecule has 18 heavy (non-hydrogen) atoms. The van der Waals surface area contributed by atoms with Crippen molar-refractivity contribution in [2.24, 2.45) is 23.1 Å². The Labute approximate surface area is 113 Å². The van der Waals surface area contributed by atoms with E-state index >= 15 is 0 Å². The zero-order valence-corrected chi connectivity index (χ0v) is 12.8. The van der Waals surface area contributed by atoms with E-state index in [-0.39, 0.29) is 17.6 Å². The molecule has 0 aliphatic heterocycles. The number of ether oxygens (including phenoxy) is 1. The third-order valence-electron chi connectivity index (χ3n) is 4.60. The van der Waals surface area contributed by atoms with Crippen molar-refractivity contribution < 1.29 is 4.74 Å². The molecule has 0 aromatic heterocycles. The van der Waals surface area contributed by atoms with Gasteiger partial charge in [-0.15, -0.1) is 0 Å². The smallest absolute Gasteiger partial charge is 0.0788 e. The number of rotatable bonds is 5. The third-order valence-corrected chi connectivity index (χ3v) is 4.60. The molecule has 0 saturated heterocycles. The Balaban J connectivity index is 2.66. The first-order valence-electron chi connectivity index (χ1n) is 7.42. The number of hydrogen-bond acceptors (Lipinski definition) is 3. The van der Waals surface area contributed by atoms with E-state index < -0.39 is 0 Å². The number of nitrogens with one attached hydrogen (secondary N) is 1. The average Bonchev–Trinajstić information content (AvgIpc) is 2.34. The van der Waals surface area contributed by atoms with Gasteiger partial charge < -0.3 is 4.74 Å². The molecule has 1 aliphatic carbocycles. The summed E-state index contributed by atoms with van der Waals surface area (Å²) in [5, 5.41) is 0. The molecular weight excluding hydrogens is 224 g/mol. The Kier molecular flexibility index (Phi) is 6.09. The lowest BCUT2D eigenvalue weighted by atomic mass is 9.72. The van der Waals surface area contributed by atoms with E-state index in [4.69, 9.17) is 10.6 Å². The third kappa shape index (κ3) is 3.94. The van der Waals surface area contributed by atoms with Crippen molar-refractivity contribution in [3.05, 3.63) is 0 Å². The van der Waals surface area contributed by atoms with Gasteiger partial charge in [-0.05, 0) is 30.1 Å². The van der Waals surface area contributed by atoms with Crippen LogP contribution in [0.1, 0.15) is 59.8 Å². The molecule has 1 rings (SSSR count). The van der Waals surface area contributed by atoms with Crippen molar-refractivity contribution in [2.75, 3.05) is 7.11 Å². The van der Waals surface area contributed by atoms with Crippen LogP contribution in [0.2, 0.25) is 0 Å². The maximum absolute atomic E-state index is 5.81. The van der Waals surface area contributed by atoms with Crippen molar-refractivity contribution in [1.29, 1.82) is 0 Å². The molecule has 2 unspecified atom stereocenters. The summed E-state index contributed by atoms with van der Waals surface area (Å²) in [5.41, 5.74) is 3.16. The molecule has 0 aromatic carbocycles. The number of hydrazine groups is 1. The Hall–Kier alpha value is -0.120. The molecule has 3 nitrogen and oxygen atoms in total. The van der Waals surface area contributed by atoms with Crippen LogP contribution in [0.4, 0.5) is 0 Å². The largest absolute Gasteiger partial charge is 0.379 e. The number of nitrogens with two attached hydrogens (primary N) is 1. The van der Waals surface area contributed by atoms with Gasteiger partial charge in [-0.25, -0.2) is 0 Å². The van der Waals surface area contributed by atoms with Gasteiger partial charge in [0.1, 0.15) is 0 Å². The van der Waals surface area contributed by atoms with Crippen LogP contribution >= 0.6 is 0 Å². The van der Waals surface area contributed by atoms with Gasteiger partial charge in [0.25, 0.3) is 0 Å². The van der Waals surface area contributed by atoms with Crippen molar-refractivity contribution in [1.82, 2.24) is 5.43 Å². The summed E-state index contributed by atoms with van der Waals surface area (Å²) in [4.78, 5) is 0. The van der Waals surface area contributed by atoms with Crippen molar-refractivity contribution in [2.45, 2.75) is 71.9 Å². The topological polar surface area (TPSA) is 47.3 Å². The monoisotopic (exact) mass is 256 g/mol. The van der Waals surface area contributed by atoms with Crippen molar-refractivity contribution in [3.63, 3.8) is 0 Å². The molecule has 0 bridgehead atoms. The predicted octanol–water partition coefficient (Wildman–Crippen LogP) is 3.10. The zero-order valence-electron chi connectivity index (χ0n) is 12.8. The fraction of sp³-hybridized carbons (Fsp3) is 1.00. The molecule has 1 saturated carbocycles. The Bertz CT molecular complexity index is 229. The molecule has 0 aromatic rings. The quantitative estimate of drug-likeness (QED) is 0.587. The van der Waals surface area contributed by atoms with Gasteiger partial charge in [0.05, 0.1) is 12.1 Å². The van der Waals surface area contributed by atoms with E-state index in [0.717, 1.165) is 5.92 Å². The van der Waals surface area contributed by atoms with Crippen LogP contribution in [-0.4, -0.2) is 19.3 Å². The molecule has 1 aliphatic rings. The molecule has 3 N–H and O–H groups in total. The highest BCUT2D eigenvalue weighted by Gasteiger charge is 2.37. The molecule has 0 spiro atoms. The van der Waals surface area contributed by atoms with Gasteiger partial charge in [0.2, 0.25) is 0 Å². The highest BCUT2D eigenvalue weighted by Crippen LogP contribution is 2.36. The Morgan fingerprint density at radius 2 is 1.78 bits per heavy atom. The van der Waals surface area contributed by atoms with Crippen LogP contribution in [0.3, 0.4) is 0 Å². The molecule has 0 heterocycles. The van der Waals surface area contributed by atoms with Crippen molar-refractivity contribution >= 4 is 0 Å². The first kappa shape index (κ1) is 15.9. The maximum Gasteiger partial charge on any atom is 0.0788 e. The summed E-state index contributed by atoms with van der Waals surface area (Å²) in [5.74, 6) is 7.39. The van der Waals surface area contributed by atoms with Gasteiger partial charge in [-0.1, -0.05) is 47.0 Å². The second kappa shape index (κ2) is 6.88. The van der Waals surface area contributed by atoms with E-state index in [1.165, 1.54) is 32.1 Å². The Morgan fingerprint density at radius 1 is 1.22 bits per heavy atom. The SMILES string of the molecule is CCC1CCC(C(NN)C(OC)C(C)(C)C)CC1. The summed E-state index contributed by atoms with van der Waals surface area (Å²) in [6.45, 7) is 8.98. The van der Waals surface area contributed by atoms with E-state index in [1.807, 2.05) is 0 Å². The predicted molar refractivity (Wildman–Crippen MR) is 77.1 cm³/mol. The second-order valence-electron chi connectivity index (χ2n) is 6.90. The lowest BCUT2D eigenvalue weighted by Gasteiger charge is -2.42. The number of methoxy groups -OCH3 is 1. The average molecular weight is 256 g/mol. The maximum atomic E-state index is 5.81. The van der Waals surface area contributed by atoms with Crippen molar-refractivity contribution in [3.8, 4) is 0 Å². The van der Waals surface area contributed by atoms with Gasteiger partial charge in [-0.2, -0.15) is 0 Å². The Morgan fingerprint density at radius 3 is 2.11 bits per heavy atom. The molecular formula is C15H32N2O. The molecule has 0 amide bonds. The lowest BCUT2D eigenvalue weighted by Crippen LogP contribution is -2.54. The fourth-order valence-corrected chi connectivity index (χ4v) is 3.47. The van der Waals surface area contributed by atoms with Crippen LogP contribution < -0.4 is 11.3 Å². The molecule has 2 atom stereocenters.